The first kappa shape index (κ1) is 17.9. The van der Waals surface area contributed by atoms with Crippen LogP contribution in [-0.4, -0.2) is 65.3 Å². The number of benzene rings is 1. The molecule has 1 fully saturated rings. The number of anilines is 4. The van der Waals surface area contributed by atoms with E-state index in [2.05, 4.69) is 25.5 Å². The van der Waals surface area contributed by atoms with E-state index in [-0.39, 0.29) is 5.56 Å². The molecule has 0 amide bonds. The third-order valence-electron chi connectivity index (χ3n) is 4.10. The molecule has 0 unspecified atom stereocenters. The van der Waals surface area contributed by atoms with Gasteiger partial charge in [0.25, 0.3) is 0 Å². The third-order valence-corrected chi connectivity index (χ3v) is 4.10. The van der Waals surface area contributed by atoms with Crippen molar-refractivity contribution in [3.8, 4) is 0 Å². The SMILES string of the molecule is Nc1c(NCCN2CCOCC2)ncnc1Nc1ccc(C(=O)O)cc1. The van der Waals surface area contributed by atoms with Crippen LogP contribution in [0.15, 0.2) is 30.6 Å². The van der Waals surface area contributed by atoms with Gasteiger partial charge in [-0.15, -0.1) is 0 Å². The van der Waals surface area contributed by atoms with Crippen LogP contribution in [0.1, 0.15) is 10.4 Å². The highest BCUT2D eigenvalue weighted by atomic mass is 16.5. The molecule has 1 aliphatic heterocycles. The molecule has 0 radical (unpaired) electrons. The van der Waals surface area contributed by atoms with Crippen molar-refractivity contribution in [3.63, 3.8) is 0 Å². The molecule has 0 aliphatic carbocycles. The molecule has 0 saturated carbocycles. The van der Waals surface area contributed by atoms with Gasteiger partial charge >= 0.3 is 5.97 Å². The average molecular weight is 358 g/mol. The number of nitrogens with one attached hydrogen (secondary N) is 2. The lowest BCUT2D eigenvalue weighted by Gasteiger charge is -2.26. The van der Waals surface area contributed by atoms with Gasteiger partial charge in [-0.05, 0) is 24.3 Å². The molecule has 2 aromatic rings. The van der Waals surface area contributed by atoms with E-state index in [1.807, 2.05) is 0 Å². The number of hydrogen-bond acceptors (Lipinski definition) is 8. The zero-order chi connectivity index (χ0) is 18.4. The number of nitrogen functional groups attached to an aromatic ring is 1. The number of carboxylic acid groups (broad SMARTS) is 1. The Balaban J connectivity index is 1.60. The van der Waals surface area contributed by atoms with Gasteiger partial charge in [0, 0.05) is 31.9 Å². The number of hydrogen-bond donors (Lipinski definition) is 4. The molecule has 9 heteroatoms. The maximum Gasteiger partial charge on any atom is 0.335 e. The van der Waals surface area contributed by atoms with Crippen molar-refractivity contribution in [1.29, 1.82) is 0 Å². The van der Waals surface area contributed by atoms with Gasteiger partial charge in [-0.1, -0.05) is 0 Å². The zero-order valence-electron chi connectivity index (χ0n) is 14.3. The molecule has 2 heterocycles. The second kappa shape index (κ2) is 8.45. The van der Waals surface area contributed by atoms with E-state index in [1.54, 1.807) is 12.1 Å². The third kappa shape index (κ3) is 4.58. The summed E-state index contributed by atoms with van der Waals surface area (Å²) in [4.78, 5) is 21.6. The molecular weight excluding hydrogens is 336 g/mol. The summed E-state index contributed by atoms with van der Waals surface area (Å²) < 4.78 is 5.33. The number of carbonyl (C=O) groups is 1. The van der Waals surface area contributed by atoms with Crippen LogP contribution in [-0.2, 0) is 4.74 Å². The lowest BCUT2D eigenvalue weighted by atomic mass is 10.2. The smallest absolute Gasteiger partial charge is 0.335 e. The normalized spacial score (nSPS) is 14.8. The van der Waals surface area contributed by atoms with Crippen LogP contribution in [0.2, 0.25) is 0 Å². The summed E-state index contributed by atoms with van der Waals surface area (Å²) >= 11 is 0. The van der Waals surface area contributed by atoms with Crippen LogP contribution in [0.4, 0.5) is 23.0 Å². The minimum Gasteiger partial charge on any atom is -0.478 e. The van der Waals surface area contributed by atoms with E-state index >= 15 is 0 Å². The molecule has 1 aromatic heterocycles. The van der Waals surface area contributed by atoms with Crippen molar-refractivity contribution < 1.29 is 14.6 Å². The Labute approximate surface area is 151 Å². The van der Waals surface area contributed by atoms with Gasteiger partial charge in [-0.2, -0.15) is 0 Å². The van der Waals surface area contributed by atoms with E-state index in [9.17, 15) is 4.79 Å². The Morgan fingerprint density at radius 1 is 1.19 bits per heavy atom. The second-order valence-corrected chi connectivity index (χ2v) is 5.87. The number of nitrogens with zero attached hydrogens (tertiary/aromatic N) is 3. The minimum absolute atomic E-state index is 0.219. The number of carboxylic acids is 1. The Kier molecular flexibility index (Phi) is 5.82. The number of aromatic carboxylic acids is 1. The van der Waals surface area contributed by atoms with Gasteiger partial charge in [-0.25, -0.2) is 14.8 Å². The Bertz CT molecular complexity index is 747. The molecule has 1 aromatic carbocycles. The summed E-state index contributed by atoms with van der Waals surface area (Å²) in [5, 5.41) is 15.3. The molecule has 1 aliphatic rings. The topological polar surface area (TPSA) is 126 Å². The van der Waals surface area contributed by atoms with Crippen LogP contribution < -0.4 is 16.4 Å². The van der Waals surface area contributed by atoms with Gasteiger partial charge in [0.2, 0.25) is 0 Å². The van der Waals surface area contributed by atoms with Crippen LogP contribution >= 0.6 is 0 Å². The molecule has 138 valence electrons. The zero-order valence-corrected chi connectivity index (χ0v) is 14.3. The van der Waals surface area contributed by atoms with Crippen molar-refractivity contribution >= 4 is 29.0 Å². The van der Waals surface area contributed by atoms with Crippen molar-refractivity contribution in [1.82, 2.24) is 14.9 Å². The predicted octanol–water partition coefficient (Wildman–Crippen LogP) is 1.24. The molecule has 0 spiro atoms. The van der Waals surface area contributed by atoms with Crippen molar-refractivity contribution in [2.24, 2.45) is 0 Å². The first-order chi connectivity index (χ1) is 12.6. The summed E-state index contributed by atoms with van der Waals surface area (Å²) in [5.74, 6) is 0.0692. The highest BCUT2D eigenvalue weighted by Gasteiger charge is 2.12. The molecule has 9 nitrogen and oxygen atoms in total. The maximum atomic E-state index is 10.9. The predicted molar refractivity (Wildman–Crippen MR) is 98.9 cm³/mol. The van der Waals surface area contributed by atoms with Crippen molar-refractivity contribution in [3.05, 3.63) is 36.2 Å². The van der Waals surface area contributed by atoms with E-state index in [1.165, 1.54) is 18.5 Å². The van der Waals surface area contributed by atoms with Gasteiger partial charge in [0.15, 0.2) is 11.6 Å². The largest absolute Gasteiger partial charge is 0.478 e. The van der Waals surface area contributed by atoms with E-state index in [0.717, 1.165) is 32.8 Å². The van der Waals surface area contributed by atoms with Gasteiger partial charge in [-0.3, -0.25) is 4.90 Å². The first-order valence-corrected chi connectivity index (χ1v) is 8.38. The standard InChI is InChI=1S/C17H22N6O3/c18-14-15(19-5-6-23-7-9-26-10-8-23)20-11-21-16(14)22-13-3-1-12(2-4-13)17(24)25/h1-4,11H,5-10,18H2,(H,24,25)(H2,19,20,21,22). The summed E-state index contributed by atoms with van der Waals surface area (Å²) in [6.45, 7) is 5.00. The molecule has 5 N–H and O–H groups in total. The second-order valence-electron chi connectivity index (χ2n) is 5.87. The summed E-state index contributed by atoms with van der Waals surface area (Å²) in [6, 6.07) is 6.36. The molecule has 0 atom stereocenters. The number of ether oxygens (including phenoxy) is 1. The molecule has 3 rings (SSSR count). The Morgan fingerprint density at radius 2 is 1.88 bits per heavy atom. The number of rotatable bonds is 7. The molecule has 1 saturated heterocycles. The molecule has 0 bridgehead atoms. The fraction of sp³-hybridized carbons (Fsp3) is 0.353. The Morgan fingerprint density at radius 3 is 2.58 bits per heavy atom. The van der Waals surface area contributed by atoms with Crippen LogP contribution in [0.25, 0.3) is 0 Å². The van der Waals surface area contributed by atoms with Crippen molar-refractivity contribution in [2.45, 2.75) is 0 Å². The minimum atomic E-state index is -0.968. The van der Waals surface area contributed by atoms with Crippen LogP contribution in [0.3, 0.4) is 0 Å². The average Bonchev–Trinajstić information content (AvgIpc) is 2.66. The van der Waals surface area contributed by atoms with Gasteiger partial charge < -0.3 is 26.2 Å². The fourth-order valence-electron chi connectivity index (χ4n) is 2.63. The lowest BCUT2D eigenvalue weighted by Crippen LogP contribution is -2.39. The fourth-order valence-corrected chi connectivity index (χ4v) is 2.63. The molecule has 26 heavy (non-hydrogen) atoms. The van der Waals surface area contributed by atoms with Gasteiger partial charge in [0.1, 0.15) is 12.0 Å². The van der Waals surface area contributed by atoms with Crippen LogP contribution in [0, 0.1) is 0 Å². The number of nitrogens with two attached hydrogens (primary N) is 1. The Hall–Kier alpha value is -2.91. The lowest BCUT2D eigenvalue weighted by molar-refractivity contribution is 0.0398. The van der Waals surface area contributed by atoms with E-state index in [4.69, 9.17) is 15.6 Å². The first-order valence-electron chi connectivity index (χ1n) is 8.38. The van der Waals surface area contributed by atoms with E-state index < -0.39 is 5.97 Å². The van der Waals surface area contributed by atoms with Crippen LogP contribution in [0.5, 0.6) is 0 Å². The number of aromatic nitrogens is 2. The quantitative estimate of drug-likeness (QED) is 0.578. The highest BCUT2D eigenvalue weighted by Crippen LogP contribution is 2.25. The maximum absolute atomic E-state index is 10.9. The van der Waals surface area contributed by atoms with Gasteiger partial charge in [0.05, 0.1) is 18.8 Å². The summed E-state index contributed by atoms with van der Waals surface area (Å²) in [6.07, 6.45) is 1.43. The summed E-state index contributed by atoms with van der Waals surface area (Å²) in [7, 11) is 0. The van der Waals surface area contributed by atoms with E-state index in [0.29, 0.717) is 29.6 Å². The monoisotopic (exact) mass is 358 g/mol. The summed E-state index contributed by atoms with van der Waals surface area (Å²) in [5.41, 5.74) is 7.48. The number of morpholine rings is 1. The highest BCUT2D eigenvalue weighted by molar-refractivity contribution is 5.88. The molecular formula is C17H22N6O3. The van der Waals surface area contributed by atoms with Crippen molar-refractivity contribution in [2.75, 3.05) is 55.8 Å².